The van der Waals surface area contributed by atoms with E-state index in [0.717, 1.165) is 51.0 Å². The number of nitrogens with one attached hydrogen (secondary N) is 3. The number of hydrogen-bond donors (Lipinski definition) is 4. The number of nitrogens with two attached hydrogens (primary N) is 1. The Hall–Kier alpha value is -2.03. The van der Waals surface area contributed by atoms with Crippen molar-refractivity contribution in [3.05, 3.63) is 0 Å². The first-order valence-electron chi connectivity index (χ1n) is 34.2. The molecule has 0 amide bonds. The molecule has 8 heterocycles. The molecule has 11 atom stereocenters. The van der Waals surface area contributed by atoms with Gasteiger partial charge in [0.15, 0.2) is 44.6 Å². The molecule has 11 unspecified atom stereocenters. The molecule has 8 fully saturated rings. The number of methoxy groups -OCH3 is 4. The number of piperidine rings is 5. The number of ketones is 1. The number of fused-ring (bicyclic) bond motifs is 7. The quantitative estimate of drug-likeness (QED) is 0.0533. The van der Waals surface area contributed by atoms with E-state index in [1.54, 1.807) is 4.90 Å². The summed E-state index contributed by atoms with van der Waals surface area (Å²) < 4.78 is 325. The van der Waals surface area contributed by atoms with Crippen LogP contribution in [0.2, 0.25) is 0 Å². The Balaban J connectivity index is 0. The van der Waals surface area contributed by atoms with E-state index in [4.69, 9.17) is 28.4 Å². The number of alkyl halides is 31. The molecule has 122 heavy (non-hydrogen) atoms. The lowest BCUT2D eigenvalue weighted by Crippen LogP contribution is -3.16. The van der Waals surface area contributed by atoms with Gasteiger partial charge in [-0.1, -0.05) is 166 Å². The van der Waals surface area contributed by atoms with Gasteiger partial charge >= 0.3 is 103 Å². The topological polar surface area (TPSA) is 385 Å². The first-order chi connectivity index (χ1) is 54.6. The predicted octanol–water partition coefficient (Wildman–Crippen LogP) is 3.30. The number of rotatable bonds is 17. The first-order valence-corrected chi connectivity index (χ1v) is 43.0. The van der Waals surface area contributed by atoms with Crippen molar-refractivity contribution >= 4 is 218 Å². The first kappa shape index (κ1) is 122. The van der Waals surface area contributed by atoms with Gasteiger partial charge in [0.1, 0.15) is 62.5 Å². The summed E-state index contributed by atoms with van der Waals surface area (Å²) in [5.41, 5.74) is -22.9. The summed E-state index contributed by atoms with van der Waals surface area (Å²) in [6, 6.07) is 1.98. The van der Waals surface area contributed by atoms with Gasteiger partial charge in [0, 0.05) is 50.9 Å². The molecule has 0 spiro atoms. The van der Waals surface area contributed by atoms with Crippen molar-refractivity contribution in [2.24, 2.45) is 5.92 Å². The van der Waals surface area contributed by atoms with Crippen LogP contribution < -0.4 is 40.4 Å². The summed E-state index contributed by atoms with van der Waals surface area (Å²) in [5.74, 6) is -11.6. The van der Waals surface area contributed by atoms with Crippen LogP contribution in [-0.2, 0) is 95.3 Å². The van der Waals surface area contributed by atoms with Gasteiger partial charge in [-0.15, -0.1) is 0 Å². The summed E-state index contributed by atoms with van der Waals surface area (Å²) in [4.78, 5) is 114. The number of quaternary nitrogens is 4. The van der Waals surface area contributed by atoms with Gasteiger partial charge in [0.25, 0.3) is 0 Å². The number of hydrogen-bond acceptors (Lipinski definition) is 24. The van der Waals surface area contributed by atoms with E-state index in [0.29, 0.717) is 50.3 Å². The maximum atomic E-state index is 11.8. The third kappa shape index (κ3) is 35.3. The number of carbonyl (C=O) groups excluding carboxylic acids is 10. The van der Waals surface area contributed by atoms with E-state index < -0.39 is 102 Å². The highest BCUT2D eigenvalue weighted by molar-refractivity contribution is 14.2. The van der Waals surface area contributed by atoms with E-state index in [-0.39, 0.29) is 112 Å². The summed E-state index contributed by atoms with van der Waals surface area (Å²) in [5, 5.41) is 43.9. The Morgan fingerprint density at radius 1 is 0.459 bits per heavy atom. The average molecular weight is 2620 g/mol. The zero-order chi connectivity index (χ0) is 95.1. The van der Waals surface area contributed by atoms with Crippen LogP contribution in [0, 0.1) is 5.92 Å². The maximum Gasteiger partial charge on any atom is 0.399 e. The van der Waals surface area contributed by atoms with Crippen LogP contribution in [0.25, 0.3) is 0 Å². The molecule has 5 N–H and O–H groups in total. The summed E-state index contributed by atoms with van der Waals surface area (Å²) in [7, 11) is 3.13. The van der Waals surface area contributed by atoms with E-state index in [9.17, 15) is 174 Å². The summed E-state index contributed by atoms with van der Waals surface area (Å²) >= 11 is 14.3. The lowest BCUT2D eigenvalue weighted by molar-refractivity contribution is -0.920. The molecule has 0 aliphatic carbocycles. The third-order valence-electron chi connectivity index (χ3n) is 18.1. The van der Waals surface area contributed by atoms with Crippen molar-refractivity contribution < 1.29 is 241 Å². The largest absolute Gasteiger partial charge is 0.828 e. The molecule has 0 aromatic carbocycles. The molecule has 6 bridgehead atoms. The number of Topliss-reactive ketones (excluding diaryl/α,β-unsaturated/α-hetero) is 1. The molecule has 0 saturated carbocycles. The number of ether oxygens (including phenoxy) is 10. The van der Waals surface area contributed by atoms with Crippen LogP contribution >= 0.6 is 158 Å². The standard InChI is InChI=1S/C11H15I4NO5.C11H16INO3.2C10H16INO2.4C5H3F6O3.CH4/c12-8(13)10(17)20-6-7(21-11(18)9(14)15)5-16-1-3-19-4-2-16;1-6(12)11(15)16-10-4-7-3-8(14)5-9(10)13(7)2;1-7(11)10(13)14-9-6-12-4-2-8(9)3-5-12;1-6(11)10(13)14-9-4-7-2-3-8(5-9)12-7;4*1-14-2(12)3(13,4(6,7)8)5(9,10)11;/h7-9H,1-6H2;6-7,9-10H,3-5H2,1-2H3;7-9H,2-6H2,1H3;6-9,12H,2-5H2,1H3;4*1H3;1H4/q;;;;4*-1;/p+4. The van der Waals surface area contributed by atoms with Gasteiger partial charge in [-0.05, 0) is 20.8 Å². The molecule has 8 saturated heterocycles. The summed E-state index contributed by atoms with van der Waals surface area (Å²) in [6.07, 6.45) is -41.1. The monoisotopic (exact) mass is 2620 g/mol. The average Bonchev–Trinajstić information content (AvgIpc) is 0.931. The molecule has 59 heteroatoms. The van der Waals surface area contributed by atoms with E-state index >= 15 is 0 Å². The Morgan fingerprint density at radius 2 is 0.779 bits per heavy atom. The number of halogens is 31. The van der Waals surface area contributed by atoms with E-state index in [1.807, 2.05) is 111 Å². The minimum Gasteiger partial charge on any atom is -0.828 e. The Kier molecular flexibility index (Phi) is 51.1. The zero-order valence-electron chi connectivity index (χ0n) is 63.4. The molecule has 8 rings (SSSR count). The molecule has 8 aliphatic rings. The second-order valence-electron chi connectivity index (χ2n) is 26.7. The van der Waals surface area contributed by atoms with Crippen molar-refractivity contribution in [2.75, 3.05) is 94.6 Å². The van der Waals surface area contributed by atoms with Gasteiger partial charge in [-0.3, -0.25) is 47.9 Å². The normalized spacial score (nSPS) is 23.4. The van der Waals surface area contributed by atoms with Gasteiger partial charge in [-0.25, -0.2) is 0 Å². The highest BCUT2D eigenvalue weighted by Gasteiger charge is 2.71. The molecular weight excluding hydrogens is 2540 g/mol. The second kappa shape index (κ2) is 51.1. The lowest BCUT2D eigenvalue weighted by atomic mass is 9.86. The van der Waals surface area contributed by atoms with E-state index in [2.05, 4.69) is 99.1 Å². The smallest absolute Gasteiger partial charge is 0.399 e. The van der Waals surface area contributed by atoms with Crippen molar-refractivity contribution in [3.8, 4) is 0 Å². The fraction of sp³-hybridized carbons (Fsp3) is 0.841. The Bertz CT molecular complexity index is 3080. The fourth-order valence-corrected chi connectivity index (χ4v) is 12.7. The minimum absolute atomic E-state index is 0. The van der Waals surface area contributed by atoms with Crippen LogP contribution in [0.1, 0.15) is 86.0 Å². The van der Waals surface area contributed by atoms with Crippen molar-refractivity contribution in [3.63, 3.8) is 0 Å². The Labute approximate surface area is 774 Å². The van der Waals surface area contributed by atoms with Gasteiger partial charge in [-0.2, -0.15) is 105 Å². The van der Waals surface area contributed by atoms with Crippen LogP contribution in [-0.4, -0.2) is 290 Å². The number of carbonyl (C=O) groups is 10. The van der Waals surface area contributed by atoms with Crippen molar-refractivity contribution in [1.82, 2.24) is 0 Å². The second-order valence-corrected chi connectivity index (χ2v) is 42.0. The molecule has 716 valence electrons. The van der Waals surface area contributed by atoms with Crippen molar-refractivity contribution in [1.29, 1.82) is 0 Å². The highest BCUT2D eigenvalue weighted by Crippen LogP contribution is 2.45. The molecular formula is C63H83F24I7N4O24. The van der Waals surface area contributed by atoms with Crippen LogP contribution in [0.4, 0.5) is 105 Å². The van der Waals surface area contributed by atoms with Crippen molar-refractivity contribution in [2.45, 2.75) is 222 Å². The maximum absolute atomic E-state index is 11.8. The third-order valence-corrected chi connectivity index (χ3v) is 21.7. The molecule has 28 nitrogen and oxygen atoms in total. The molecule has 0 radical (unpaired) electrons. The SMILES string of the molecule is C.CC(I)C(=O)OC1CC2CC(=O)CC1[NH+]2C.CC(I)C(=O)OC1CC2CCC(C1)[NH2+]2.CC(I)C(=O)OC1C[NH+]2CCC1CC2.COC(=O)C([O-])(C(F)(F)F)C(F)(F)F.COC(=O)C([O-])(C(F)(F)F)C(F)(F)F.COC(=O)C([O-])(C(F)(F)F)C(F)(F)F.COC(=O)C([O-])(C(F)(F)F)C(F)(F)F.O=C(OCC(C[NH+]1CCOCC1)OC(=O)C(I)I)C(I)I. The predicted molar refractivity (Wildman–Crippen MR) is 415 cm³/mol. The van der Waals surface area contributed by atoms with Gasteiger partial charge in [0.05, 0.1) is 92.8 Å². The fourth-order valence-electron chi connectivity index (χ4n) is 11.6. The Morgan fingerprint density at radius 3 is 1.06 bits per heavy atom. The van der Waals surface area contributed by atoms with E-state index in [1.165, 1.54) is 48.6 Å². The number of likely N-dealkylation sites (N-methyl/N-ethyl adjacent to an activating group) is 1. The minimum atomic E-state index is -6.29. The van der Waals surface area contributed by atoms with Crippen LogP contribution in [0.3, 0.4) is 0 Å². The molecule has 0 aromatic heterocycles. The van der Waals surface area contributed by atoms with Crippen LogP contribution in [0.5, 0.6) is 0 Å². The lowest BCUT2D eigenvalue weighted by Gasteiger charge is -2.41. The number of esters is 9. The molecule has 8 aliphatic heterocycles. The van der Waals surface area contributed by atoms with Gasteiger partial charge in [0.2, 0.25) is 0 Å². The van der Waals surface area contributed by atoms with Gasteiger partial charge < -0.3 is 87.8 Å². The number of morpholine rings is 1. The van der Waals surface area contributed by atoms with Crippen LogP contribution in [0.15, 0.2) is 0 Å². The summed E-state index contributed by atoms with van der Waals surface area (Å²) in [6.45, 7) is 13.1. The highest BCUT2D eigenvalue weighted by atomic mass is 127. The molecule has 0 aromatic rings. The zero-order valence-corrected chi connectivity index (χ0v) is 78.5.